The van der Waals surface area contributed by atoms with Gasteiger partial charge >= 0.3 is 11.9 Å². The van der Waals surface area contributed by atoms with Crippen LogP contribution in [0.1, 0.15) is 15.9 Å². The number of rotatable bonds is 11. The lowest BCUT2D eigenvalue weighted by atomic mass is 10.1. The molecule has 40 heavy (non-hydrogen) atoms. The Hall–Kier alpha value is -4.09. The van der Waals surface area contributed by atoms with E-state index in [1.165, 1.54) is 25.6 Å². The van der Waals surface area contributed by atoms with E-state index < -0.39 is 37.4 Å². The molecular weight excluding hydrogens is 538 g/mol. The molecule has 0 unspecified atom stereocenters. The zero-order valence-electron chi connectivity index (χ0n) is 22.7. The van der Waals surface area contributed by atoms with Gasteiger partial charge in [0, 0.05) is 27.1 Å². The summed E-state index contributed by atoms with van der Waals surface area (Å²) < 4.78 is 53.3. The summed E-state index contributed by atoms with van der Waals surface area (Å²) >= 11 is 0. The molecule has 0 amide bonds. The van der Waals surface area contributed by atoms with Gasteiger partial charge in [-0.25, -0.2) is 18.6 Å². The number of para-hydroxylation sites is 1. The predicted molar refractivity (Wildman–Crippen MR) is 147 cm³/mol. The van der Waals surface area contributed by atoms with Crippen LogP contribution in [0.5, 0.6) is 17.2 Å². The summed E-state index contributed by atoms with van der Waals surface area (Å²) in [5.41, 5.74) is 0.502. The van der Waals surface area contributed by atoms with Crippen molar-refractivity contribution in [2.24, 2.45) is 0 Å². The van der Waals surface area contributed by atoms with Crippen molar-refractivity contribution < 1.29 is 37.3 Å². The highest BCUT2D eigenvalue weighted by Crippen LogP contribution is 2.36. The molecule has 2 aromatic carbocycles. The second-order valence-corrected chi connectivity index (χ2v) is 15.9. The van der Waals surface area contributed by atoms with E-state index in [9.17, 15) is 9.59 Å². The zero-order chi connectivity index (χ0) is 28.9. The summed E-state index contributed by atoms with van der Waals surface area (Å²) in [6, 6.07) is 12.7. The van der Waals surface area contributed by atoms with Crippen LogP contribution < -0.4 is 9.47 Å². The number of hydrogen-bond acceptors (Lipinski definition) is 7. The Bertz CT molecular complexity index is 1500. The lowest BCUT2D eigenvalue weighted by Gasteiger charge is -2.15. The second kappa shape index (κ2) is 12.4. The smallest absolute Gasteiger partial charge is 0.340 e. The third-order valence-electron chi connectivity index (χ3n) is 5.94. The molecular formula is C29H30F2N2O6Si. The molecule has 0 aliphatic heterocycles. The number of carbonyl (C=O) groups is 2. The summed E-state index contributed by atoms with van der Waals surface area (Å²) in [6.45, 7) is 7.38. The highest BCUT2D eigenvalue weighted by Gasteiger charge is 2.23. The molecule has 0 aliphatic rings. The van der Waals surface area contributed by atoms with Gasteiger partial charge in [-0.3, -0.25) is 4.79 Å². The van der Waals surface area contributed by atoms with Crippen LogP contribution in [0.2, 0.25) is 25.7 Å². The van der Waals surface area contributed by atoms with E-state index in [2.05, 4.69) is 24.6 Å². The lowest BCUT2D eigenvalue weighted by molar-refractivity contribution is -0.133. The van der Waals surface area contributed by atoms with Gasteiger partial charge in [0.1, 0.15) is 23.9 Å². The molecule has 0 radical (unpaired) electrons. The fourth-order valence-electron chi connectivity index (χ4n) is 3.92. The van der Waals surface area contributed by atoms with E-state index in [-0.39, 0.29) is 35.4 Å². The molecule has 2 aromatic heterocycles. The zero-order valence-corrected chi connectivity index (χ0v) is 23.7. The molecule has 11 heteroatoms. The van der Waals surface area contributed by atoms with Crippen LogP contribution >= 0.6 is 0 Å². The molecule has 0 saturated heterocycles. The normalized spacial score (nSPS) is 11.4. The van der Waals surface area contributed by atoms with Gasteiger partial charge in [0.25, 0.3) is 0 Å². The Labute approximate surface area is 231 Å². The van der Waals surface area contributed by atoms with Crippen LogP contribution in [0.25, 0.3) is 11.0 Å². The van der Waals surface area contributed by atoms with Gasteiger partial charge < -0.3 is 23.5 Å². The van der Waals surface area contributed by atoms with Gasteiger partial charge in [0.15, 0.2) is 17.4 Å². The molecule has 8 nitrogen and oxygen atoms in total. The first-order valence-electron chi connectivity index (χ1n) is 12.6. The molecule has 0 atom stereocenters. The lowest BCUT2D eigenvalue weighted by Crippen LogP contribution is -2.22. The average molecular weight is 569 g/mol. The summed E-state index contributed by atoms with van der Waals surface area (Å²) in [4.78, 5) is 29.2. The minimum Gasteiger partial charge on any atom is -0.465 e. The third kappa shape index (κ3) is 7.10. The molecule has 4 rings (SSSR count). The van der Waals surface area contributed by atoms with E-state index in [4.69, 9.17) is 18.9 Å². The van der Waals surface area contributed by atoms with Crippen molar-refractivity contribution in [2.75, 3.05) is 13.7 Å². The molecule has 0 saturated carbocycles. The number of benzene rings is 2. The van der Waals surface area contributed by atoms with E-state index in [0.29, 0.717) is 18.0 Å². The summed E-state index contributed by atoms with van der Waals surface area (Å²) in [7, 11) is -0.0726. The molecule has 0 bridgehead atoms. The number of carbonyl (C=O) groups excluding carboxylic acids is 2. The van der Waals surface area contributed by atoms with Gasteiger partial charge in [-0.2, -0.15) is 0 Å². The average Bonchev–Trinajstić information content (AvgIpc) is 3.27. The Morgan fingerprint density at radius 2 is 1.73 bits per heavy atom. The first kappa shape index (κ1) is 28.9. The first-order valence-corrected chi connectivity index (χ1v) is 16.3. The number of halogens is 2. The van der Waals surface area contributed by atoms with E-state index >= 15 is 8.78 Å². The second-order valence-electron chi connectivity index (χ2n) is 10.3. The topological polar surface area (TPSA) is 88.9 Å². The van der Waals surface area contributed by atoms with Crippen molar-refractivity contribution in [1.29, 1.82) is 0 Å². The Kier molecular flexibility index (Phi) is 8.95. The largest absolute Gasteiger partial charge is 0.465 e. The van der Waals surface area contributed by atoms with Crippen molar-refractivity contribution >= 4 is 31.0 Å². The monoisotopic (exact) mass is 568 g/mol. The van der Waals surface area contributed by atoms with Gasteiger partial charge in [-0.1, -0.05) is 37.8 Å². The highest BCUT2D eigenvalue weighted by molar-refractivity contribution is 6.76. The standard InChI is InChI=1S/C29H30F2N2O6Si/c1-36-29(35)21-17-33(18-37-12-13-40(2,3)4)28-26(21)24(10-11-32-28)39-27-22(30)14-19(15-23(27)31)16-25(34)38-20-8-6-5-7-9-20/h5-11,14-15,17H,12-13,16,18H2,1-4H3. The van der Waals surface area contributed by atoms with Gasteiger partial charge in [-0.05, 0) is 41.9 Å². The van der Waals surface area contributed by atoms with Gasteiger partial charge in [-0.15, -0.1) is 0 Å². The summed E-state index contributed by atoms with van der Waals surface area (Å²) in [5, 5.41) is 0.220. The number of pyridine rings is 1. The van der Waals surface area contributed by atoms with Crippen LogP contribution in [0.3, 0.4) is 0 Å². The molecule has 0 aliphatic carbocycles. The van der Waals surface area contributed by atoms with E-state index in [1.807, 2.05) is 0 Å². The minimum absolute atomic E-state index is 0.000265. The van der Waals surface area contributed by atoms with E-state index in [0.717, 1.165) is 18.2 Å². The first-order chi connectivity index (χ1) is 19.1. The van der Waals surface area contributed by atoms with Crippen molar-refractivity contribution in [1.82, 2.24) is 9.55 Å². The fourth-order valence-corrected chi connectivity index (χ4v) is 4.68. The fraction of sp³-hybridized carbons (Fsp3) is 0.276. The SMILES string of the molecule is COC(=O)c1cn(COCC[Si](C)(C)C)c2nccc(Oc3c(F)cc(CC(=O)Oc4ccccc4)cc3F)c12. The van der Waals surface area contributed by atoms with Crippen LogP contribution in [0.15, 0.2) is 60.9 Å². The molecule has 210 valence electrons. The number of nitrogens with zero attached hydrogens (tertiary/aromatic N) is 2. The Morgan fingerprint density at radius 1 is 1.02 bits per heavy atom. The number of methoxy groups -OCH3 is 1. The van der Waals surface area contributed by atoms with E-state index in [1.54, 1.807) is 34.9 Å². The Balaban J connectivity index is 1.58. The maximum atomic E-state index is 15.1. The Morgan fingerprint density at radius 3 is 2.38 bits per heavy atom. The minimum atomic E-state index is -1.30. The van der Waals surface area contributed by atoms with Gasteiger partial charge in [0.05, 0.1) is 24.5 Å². The maximum Gasteiger partial charge on any atom is 0.340 e. The van der Waals surface area contributed by atoms with Gasteiger partial charge in [0.2, 0.25) is 0 Å². The van der Waals surface area contributed by atoms with Crippen molar-refractivity contribution in [3.05, 3.63) is 83.7 Å². The molecule has 0 N–H and O–H groups in total. The number of aromatic nitrogens is 2. The molecule has 4 aromatic rings. The number of esters is 2. The van der Waals surface area contributed by atoms with Crippen LogP contribution in [0, 0.1) is 11.6 Å². The summed E-state index contributed by atoms with van der Waals surface area (Å²) in [5.74, 6) is -3.77. The number of hydrogen-bond donors (Lipinski definition) is 0. The van der Waals surface area contributed by atoms with Crippen LogP contribution in [0.4, 0.5) is 8.78 Å². The number of fused-ring (bicyclic) bond motifs is 1. The third-order valence-corrected chi connectivity index (χ3v) is 7.65. The highest BCUT2D eigenvalue weighted by atomic mass is 28.3. The molecule has 0 spiro atoms. The maximum absolute atomic E-state index is 15.1. The van der Waals surface area contributed by atoms with Crippen molar-refractivity contribution in [3.63, 3.8) is 0 Å². The van der Waals surface area contributed by atoms with Crippen LogP contribution in [-0.4, -0.2) is 43.3 Å². The van der Waals surface area contributed by atoms with Crippen molar-refractivity contribution in [3.8, 4) is 17.2 Å². The molecule has 0 fully saturated rings. The number of ether oxygens (including phenoxy) is 4. The summed E-state index contributed by atoms with van der Waals surface area (Å²) in [6.07, 6.45) is 2.57. The van der Waals surface area contributed by atoms with Crippen LogP contribution in [-0.2, 0) is 27.4 Å². The quantitative estimate of drug-likeness (QED) is 0.0901. The van der Waals surface area contributed by atoms with Crippen molar-refractivity contribution in [2.45, 2.75) is 38.8 Å². The predicted octanol–water partition coefficient (Wildman–Crippen LogP) is 6.35. The molecule has 2 heterocycles.